The Hall–Kier alpha value is -3.76. The molecule has 1 spiro atoms. The van der Waals surface area contributed by atoms with Crippen molar-refractivity contribution in [3.63, 3.8) is 0 Å². The average Bonchev–Trinajstić information content (AvgIpc) is 3.33. The van der Waals surface area contributed by atoms with Crippen LogP contribution in [-0.4, -0.2) is 88.7 Å². The second kappa shape index (κ2) is 12.4. The Morgan fingerprint density at radius 1 is 0.870 bits per heavy atom. The van der Waals surface area contributed by atoms with Gasteiger partial charge in [-0.1, -0.05) is 24.3 Å². The minimum absolute atomic E-state index is 0.148. The first-order valence-electron chi connectivity index (χ1n) is 16.3. The number of aliphatic hydroxyl groups is 1. The lowest BCUT2D eigenvalue weighted by molar-refractivity contribution is -0.141. The van der Waals surface area contributed by atoms with Crippen LogP contribution in [0.4, 0.5) is 17.1 Å². The summed E-state index contributed by atoms with van der Waals surface area (Å²) in [5, 5.41) is 10.3. The molecule has 4 aliphatic rings. The van der Waals surface area contributed by atoms with Crippen molar-refractivity contribution in [3.05, 3.63) is 72.8 Å². The zero-order valence-electron chi connectivity index (χ0n) is 27.3. The van der Waals surface area contributed by atoms with E-state index < -0.39 is 33.4 Å². The van der Waals surface area contributed by atoms with Gasteiger partial charge >= 0.3 is 0 Å². The van der Waals surface area contributed by atoms with E-state index in [4.69, 9.17) is 4.74 Å². The molecule has 46 heavy (non-hydrogen) atoms. The van der Waals surface area contributed by atoms with Crippen molar-refractivity contribution in [1.82, 2.24) is 4.90 Å². The number of nitrogens with zero attached hydrogens (tertiary/aromatic N) is 4. The van der Waals surface area contributed by atoms with Gasteiger partial charge in [0.15, 0.2) is 0 Å². The fourth-order valence-corrected chi connectivity index (χ4v) is 9.95. The first-order valence-corrected chi connectivity index (χ1v) is 17.1. The van der Waals surface area contributed by atoms with E-state index >= 15 is 0 Å². The zero-order valence-corrected chi connectivity index (χ0v) is 28.1. The molecule has 0 bridgehead atoms. The summed E-state index contributed by atoms with van der Waals surface area (Å²) in [6.45, 7) is 12.7. The molecule has 6 rings (SSSR count). The van der Waals surface area contributed by atoms with Gasteiger partial charge in [0.05, 0.1) is 35.8 Å². The summed E-state index contributed by atoms with van der Waals surface area (Å²) in [7, 11) is 0. The van der Waals surface area contributed by atoms with E-state index in [0.29, 0.717) is 19.7 Å². The van der Waals surface area contributed by atoms with Gasteiger partial charge in [-0.3, -0.25) is 14.4 Å². The van der Waals surface area contributed by atoms with Crippen LogP contribution in [-0.2, 0) is 14.4 Å². The molecule has 0 saturated carbocycles. The molecule has 2 saturated heterocycles. The van der Waals surface area contributed by atoms with Gasteiger partial charge in [-0.05, 0) is 83.1 Å². The summed E-state index contributed by atoms with van der Waals surface area (Å²) in [6.07, 6.45) is 8.04. The van der Waals surface area contributed by atoms with Crippen molar-refractivity contribution in [2.24, 2.45) is 11.8 Å². The average molecular weight is 645 g/mol. The Morgan fingerprint density at radius 3 is 2.04 bits per heavy atom. The summed E-state index contributed by atoms with van der Waals surface area (Å²) in [4.78, 5) is 51.3. The van der Waals surface area contributed by atoms with Gasteiger partial charge in [0.25, 0.3) is 5.91 Å². The highest BCUT2D eigenvalue weighted by atomic mass is 32.2. The lowest BCUT2D eigenvalue weighted by Crippen LogP contribution is -2.56. The maximum Gasteiger partial charge on any atom is 0.251 e. The summed E-state index contributed by atoms with van der Waals surface area (Å²) < 4.78 is 3.89. The van der Waals surface area contributed by atoms with E-state index in [1.165, 1.54) is 0 Å². The first-order chi connectivity index (χ1) is 22.1. The molecule has 1 unspecified atom stereocenters. The number of rotatable bonds is 9. The lowest BCUT2D eigenvalue weighted by Gasteiger charge is -2.38. The fourth-order valence-electron chi connectivity index (χ4n) is 7.81. The third-order valence-corrected chi connectivity index (χ3v) is 11.8. The maximum absolute atomic E-state index is 14.8. The highest BCUT2D eigenvalue weighted by molar-refractivity contribution is 8.02. The molecule has 9 nitrogen and oxygen atoms in total. The largest absolute Gasteiger partial charge is 0.494 e. The highest BCUT2D eigenvalue weighted by Gasteiger charge is 2.74. The molecule has 2 aromatic carbocycles. The van der Waals surface area contributed by atoms with Gasteiger partial charge in [-0.15, -0.1) is 11.8 Å². The molecule has 3 amide bonds. The van der Waals surface area contributed by atoms with Crippen molar-refractivity contribution in [3.8, 4) is 5.75 Å². The molecule has 4 heterocycles. The van der Waals surface area contributed by atoms with E-state index in [-0.39, 0.29) is 24.3 Å². The molecule has 0 aromatic heterocycles. The summed E-state index contributed by atoms with van der Waals surface area (Å²) in [5.41, 5.74) is 2.55. The summed E-state index contributed by atoms with van der Waals surface area (Å²) in [6, 6.07) is 13.9. The Morgan fingerprint density at radius 2 is 1.46 bits per heavy atom. The van der Waals surface area contributed by atoms with Crippen LogP contribution in [0.3, 0.4) is 0 Å². The van der Waals surface area contributed by atoms with Crippen LogP contribution in [0.1, 0.15) is 34.6 Å². The molecule has 244 valence electrons. The normalized spacial score (nSPS) is 29.3. The van der Waals surface area contributed by atoms with Crippen LogP contribution in [0.15, 0.2) is 72.8 Å². The lowest BCUT2D eigenvalue weighted by atomic mass is 9.74. The molecule has 10 heteroatoms. The van der Waals surface area contributed by atoms with E-state index in [1.807, 2.05) is 80.6 Å². The van der Waals surface area contributed by atoms with Crippen molar-refractivity contribution in [1.29, 1.82) is 0 Å². The number of thioether (sulfide) groups is 1. The van der Waals surface area contributed by atoms with Crippen LogP contribution in [0.25, 0.3) is 0 Å². The molecule has 6 atom stereocenters. The van der Waals surface area contributed by atoms with Crippen LogP contribution < -0.4 is 19.4 Å². The Bertz CT molecular complexity index is 1540. The summed E-state index contributed by atoms with van der Waals surface area (Å²) >= 11 is 1.54. The van der Waals surface area contributed by atoms with Gasteiger partial charge in [-0.2, -0.15) is 0 Å². The van der Waals surface area contributed by atoms with Crippen molar-refractivity contribution >= 4 is 46.5 Å². The van der Waals surface area contributed by atoms with Crippen LogP contribution >= 0.6 is 11.8 Å². The number of benzene rings is 2. The zero-order chi connectivity index (χ0) is 32.8. The van der Waals surface area contributed by atoms with Gasteiger partial charge in [0.1, 0.15) is 11.8 Å². The molecule has 4 aliphatic heterocycles. The second-order valence-electron chi connectivity index (χ2n) is 12.6. The number of hydrogen-bond donors (Lipinski definition) is 1. The number of carbonyl (C=O) groups is 3. The van der Waals surface area contributed by atoms with Crippen molar-refractivity contribution in [2.45, 2.75) is 56.2 Å². The van der Waals surface area contributed by atoms with Gasteiger partial charge < -0.3 is 29.4 Å². The second-order valence-corrected chi connectivity index (χ2v) is 14.4. The van der Waals surface area contributed by atoms with Crippen LogP contribution in [0.2, 0.25) is 0 Å². The topological polar surface area (TPSA) is 93.6 Å². The Labute approximate surface area is 275 Å². The van der Waals surface area contributed by atoms with E-state index in [9.17, 15) is 19.5 Å². The third kappa shape index (κ3) is 5.01. The molecule has 2 aromatic rings. The van der Waals surface area contributed by atoms with Crippen molar-refractivity contribution < 1.29 is 24.2 Å². The number of anilines is 3. The Kier molecular flexibility index (Phi) is 8.71. The highest BCUT2D eigenvalue weighted by Crippen LogP contribution is 2.66. The smallest absolute Gasteiger partial charge is 0.251 e. The molecule has 0 radical (unpaired) electrons. The number of aliphatic hydroxyl groups excluding tert-OH is 1. The number of carbonyl (C=O) groups excluding carboxylic acids is 3. The molecule has 2 fully saturated rings. The van der Waals surface area contributed by atoms with Gasteiger partial charge in [0.2, 0.25) is 11.8 Å². The molecule has 1 N–H and O–H groups in total. The van der Waals surface area contributed by atoms with E-state index in [1.54, 1.807) is 33.4 Å². The monoisotopic (exact) mass is 644 g/mol. The minimum atomic E-state index is -0.991. The van der Waals surface area contributed by atoms with Crippen LogP contribution in [0.5, 0.6) is 5.75 Å². The minimum Gasteiger partial charge on any atom is -0.494 e. The predicted molar refractivity (Wildman–Crippen MR) is 183 cm³/mol. The van der Waals surface area contributed by atoms with Gasteiger partial charge in [0, 0.05) is 48.0 Å². The number of hydrogen-bond acceptors (Lipinski definition) is 7. The number of fused-ring (bicyclic) bond motifs is 2. The standard InChI is InChI=1S/C36H44N4O5S/c1-6-37(7-2)25-11-13-26(14-12-25)39-22-10-20-36-30(33(43)40(24(4)23-41)31(36)34(39)44)29-32(42)38(21-9-19-35(29,5)46-36)27-15-17-28(18-16-27)45-8-3/h9-20,24,29-31,41H,6-8,21-23H2,1-5H3/t24-,29+,30+,31?,35-,36+/m1/s1. The van der Waals surface area contributed by atoms with E-state index in [0.717, 1.165) is 35.9 Å². The van der Waals surface area contributed by atoms with Crippen molar-refractivity contribution in [2.75, 3.05) is 54.1 Å². The summed E-state index contributed by atoms with van der Waals surface area (Å²) in [5.74, 6) is -1.39. The first kappa shape index (κ1) is 32.2. The molecule has 0 aliphatic carbocycles. The Balaban J connectivity index is 1.40. The SMILES string of the molecule is CCOc1ccc(N2CC=C[C@@]3(C)S[C@]45C=CCN(c6ccc(N(CC)CC)cc6)C(=O)C4N([C@H](C)CO)C(=O)[C@@H]5[C@H]3C2=O)cc1. The molecular weight excluding hydrogens is 600 g/mol. The quantitative estimate of drug-likeness (QED) is 0.402. The van der Waals surface area contributed by atoms with Crippen LogP contribution in [0, 0.1) is 11.8 Å². The molecular formula is C36H44N4O5S. The number of ether oxygens (including phenoxy) is 1. The third-order valence-electron chi connectivity index (χ3n) is 9.98. The fraction of sp³-hybridized carbons (Fsp3) is 0.472. The number of likely N-dealkylation sites (tertiary alicyclic amines) is 1. The number of amides is 3. The van der Waals surface area contributed by atoms with Gasteiger partial charge in [-0.25, -0.2) is 0 Å². The maximum atomic E-state index is 14.8. The predicted octanol–water partition coefficient (Wildman–Crippen LogP) is 4.51. The van der Waals surface area contributed by atoms with E-state index in [2.05, 4.69) is 24.8 Å².